The fraction of sp³-hybridized carbons (Fsp3) is 0.625. The molecule has 0 spiro atoms. The Labute approximate surface area is 134 Å². The third-order valence-corrected chi connectivity index (χ3v) is 4.98. The molecule has 1 aliphatic carbocycles. The van der Waals surface area contributed by atoms with Crippen molar-refractivity contribution in [2.75, 3.05) is 0 Å². The van der Waals surface area contributed by atoms with Crippen molar-refractivity contribution in [2.24, 2.45) is 0 Å². The maximum absolute atomic E-state index is 12.3. The summed E-state index contributed by atoms with van der Waals surface area (Å²) in [5, 5.41) is 0. The van der Waals surface area contributed by atoms with Gasteiger partial charge in [0.1, 0.15) is 5.75 Å². The molecule has 1 saturated heterocycles. The third kappa shape index (κ3) is 3.35. The Morgan fingerprint density at radius 3 is 2.30 bits per heavy atom. The predicted octanol–water partition coefficient (Wildman–Crippen LogP) is 4.53. The van der Waals surface area contributed by atoms with E-state index in [-0.39, 0.29) is 24.6 Å². The van der Waals surface area contributed by atoms with Crippen LogP contribution >= 0.6 is 0 Å². The van der Waals surface area contributed by atoms with E-state index >= 15 is 0 Å². The number of hydrogen-bond donors (Lipinski definition) is 0. The fourth-order valence-corrected chi connectivity index (χ4v) is 2.90. The molecule has 1 saturated carbocycles. The molecular weight excluding hydrogens is 308 g/mol. The highest BCUT2D eigenvalue weighted by Crippen LogP contribution is 2.58. The smallest absolute Gasteiger partial charge is 0.406 e. The topological polar surface area (TPSA) is 27.7 Å². The van der Waals surface area contributed by atoms with Crippen molar-refractivity contribution < 1.29 is 27.2 Å². The first-order valence-electron chi connectivity index (χ1n) is 7.70. The van der Waals surface area contributed by atoms with Crippen LogP contribution in [-0.2, 0) is 9.31 Å². The lowest BCUT2D eigenvalue weighted by atomic mass is 9.79. The molecule has 1 heterocycles. The van der Waals surface area contributed by atoms with Crippen molar-refractivity contribution in [3.8, 4) is 5.75 Å². The maximum atomic E-state index is 12.3. The summed E-state index contributed by atoms with van der Waals surface area (Å²) in [6.45, 7) is 7.95. The summed E-state index contributed by atoms with van der Waals surface area (Å²) in [5.41, 5.74) is 0.0319. The highest BCUT2D eigenvalue weighted by Gasteiger charge is 2.59. The number of hydrogen-bond acceptors (Lipinski definition) is 3. The van der Waals surface area contributed by atoms with Gasteiger partial charge in [0.2, 0.25) is 0 Å². The van der Waals surface area contributed by atoms with Crippen molar-refractivity contribution in [1.29, 1.82) is 0 Å². The Morgan fingerprint density at radius 2 is 1.74 bits per heavy atom. The molecule has 1 aliphatic heterocycles. The van der Waals surface area contributed by atoms with Gasteiger partial charge in [0.15, 0.2) is 0 Å². The highest BCUT2D eigenvalue weighted by molar-refractivity contribution is 6.49. The van der Waals surface area contributed by atoms with Crippen LogP contribution in [0.15, 0.2) is 24.3 Å². The second-order valence-electron chi connectivity index (χ2n) is 7.25. The van der Waals surface area contributed by atoms with E-state index in [4.69, 9.17) is 9.31 Å². The van der Waals surface area contributed by atoms with Gasteiger partial charge in [-0.3, -0.25) is 0 Å². The molecule has 0 N–H and O–H groups in total. The minimum Gasteiger partial charge on any atom is -0.406 e. The van der Waals surface area contributed by atoms with E-state index in [0.717, 1.165) is 12.0 Å². The molecule has 3 nitrogen and oxygen atoms in total. The normalized spacial score (nSPS) is 28.7. The number of benzene rings is 1. The molecule has 0 unspecified atom stereocenters. The van der Waals surface area contributed by atoms with Gasteiger partial charge in [-0.15, -0.1) is 13.2 Å². The third-order valence-electron chi connectivity index (χ3n) is 4.98. The summed E-state index contributed by atoms with van der Waals surface area (Å²) in [6.07, 6.45) is -3.83. The number of alkyl halides is 3. The summed E-state index contributed by atoms with van der Waals surface area (Å²) in [5.74, 6) is 0.119. The van der Waals surface area contributed by atoms with Gasteiger partial charge in [-0.1, -0.05) is 12.1 Å². The Hall–Kier alpha value is -1.21. The summed E-state index contributed by atoms with van der Waals surface area (Å²) >= 11 is 0. The van der Waals surface area contributed by atoms with E-state index in [0.29, 0.717) is 0 Å². The zero-order chi connectivity index (χ0) is 17.0. The van der Waals surface area contributed by atoms with Gasteiger partial charge < -0.3 is 14.0 Å². The minimum atomic E-state index is -4.67. The molecule has 2 atom stereocenters. The summed E-state index contributed by atoms with van der Waals surface area (Å²) in [6, 6.07) is 6.15. The van der Waals surface area contributed by atoms with E-state index in [1.165, 1.54) is 12.1 Å². The van der Waals surface area contributed by atoms with Crippen molar-refractivity contribution in [1.82, 2.24) is 0 Å². The first-order chi connectivity index (χ1) is 10.5. The lowest BCUT2D eigenvalue weighted by molar-refractivity contribution is -0.274. The zero-order valence-corrected chi connectivity index (χ0v) is 13.6. The summed E-state index contributed by atoms with van der Waals surface area (Å²) < 4.78 is 53.0. The average molecular weight is 328 g/mol. The maximum Gasteiger partial charge on any atom is 0.573 e. The number of rotatable bonds is 3. The van der Waals surface area contributed by atoms with Gasteiger partial charge in [0.25, 0.3) is 0 Å². The van der Waals surface area contributed by atoms with E-state index in [1.807, 2.05) is 33.8 Å². The lowest BCUT2D eigenvalue weighted by Gasteiger charge is -2.32. The molecule has 0 amide bonds. The van der Waals surface area contributed by atoms with Crippen LogP contribution in [0.4, 0.5) is 13.2 Å². The van der Waals surface area contributed by atoms with Crippen LogP contribution in [0.25, 0.3) is 0 Å². The van der Waals surface area contributed by atoms with E-state index in [9.17, 15) is 13.2 Å². The molecule has 0 aromatic heterocycles. The molecule has 3 rings (SSSR count). The molecule has 1 aromatic carbocycles. The average Bonchev–Trinajstić information content (AvgIpc) is 3.11. The number of ether oxygens (including phenoxy) is 1. The van der Waals surface area contributed by atoms with Gasteiger partial charge >= 0.3 is 13.5 Å². The predicted molar refractivity (Wildman–Crippen MR) is 80.3 cm³/mol. The van der Waals surface area contributed by atoms with E-state index < -0.39 is 17.6 Å². The Morgan fingerprint density at radius 1 is 1.13 bits per heavy atom. The molecule has 2 aliphatic rings. The zero-order valence-electron chi connectivity index (χ0n) is 13.6. The molecule has 1 aromatic rings. The first kappa shape index (κ1) is 16.6. The molecule has 0 bridgehead atoms. The highest BCUT2D eigenvalue weighted by atomic mass is 19.4. The summed E-state index contributed by atoms with van der Waals surface area (Å²) in [7, 11) is -0.322. The monoisotopic (exact) mass is 328 g/mol. The van der Waals surface area contributed by atoms with Gasteiger partial charge in [-0.2, -0.15) is 0 Å². The molecule has 7 heteroatoms. The van der Waals surface area contributed by atoms with Crippen LogP contribution in [0.3, 0.4) is 0 Å². The van der Waals surface area contributed by atoms with Crippen LogP contribution in [0.1, 0.15) is 45.6 Å². The quantitative estimate of drug-likeness (QED) is 0.763. The second-order valence-corrected chi connectivity index (χ2v) is 7.25. The van der Waals surface area contributed by atoms with Crippen molar-refractivity contribution in [3.05, 3.63) is 29.8 Å². The molecule has 0 radical (unpaired) electrons. The van der Waals surface area contributed by atoms with Crippen LogP contribution in [-0.4, -0.2) is 24.7 Å². The Bertz CT molecular complexity index is 584. The Kier molecular flexibility index (Phi) is 3.72. The molecule has 126 valence electrons. The fourth-order valence-electron chi connectivity index (χ4n) is 2.90. The first-order valence-corrected chi connectivity index (χ1v) is 7.70. The largest absolute Gasteiger partial charge is 0.573 e. The minimum absolute atomic E-state index is 0.140. The molecular formula is C16H20BF3O3. The summed E-state index contributed by atoms with van der Waals surface area (Å²) in [4.78, 5) is 0. The van der Waals surface area contributed by atoms with Crippen molar-refractivity contribution in [2.45, 2.75) is 63.4 Å². The van der Waals surface area contributed by atoms with Gasteiger partial charge in [-0.05, 0) is 57.7 Å². The van der Waals surface area contributed by atoms with Crippen molar-refractivity contribution >= 4 is 7.12 Å². The second kappa shape index (κ2) is 5.15. The van der Waals surface area contributed by atoms with Gasteiger partial charge in [-0.25, -0.2) is 0 Å². The van der Waals surface area contributed by atoms with Crippen LogP contribution in [0.2, 0.25) is 5.82 Å². The standard InChI is InChI=1S/C16H20BF3O3/c1-14(2)15(3,4)23-17(22-14)13-9-12(13)10-6-5-7-11(8-10)21-16(18,19)20/h5-8,12-13H,9H2,1-4H3/t12-,13+/m1/s1. The Balaban J connectivity index is 1.69. The van der Waals surface area contributed by atoms with Crippen LogP contribution in [0, 0.1) is 0 Å². The van der Waals surface area contributed by atoms with Gasteiger partial charge in [0.05, 0.1) is 11.2 Å². The van der Waals surface area contributed by atoms with Gasteiger partial charge in [0, 0.05) is 5.82 Å². The van der Waals surface area contributed by atoms with Crippen LogP contribution in [0.5, 0.6) is 5.75 Å². The SMILES string of the molecule is CC1(C)OB([C@H]2C[C@@H]2c2cccc(OC(F)(F)F)c2)OC1(C)C. The number of halogens is 3. The van der Waals surface area contributed by atoms with E-state index in [2.05, 4.69) is 4.74 Å². The van der Waals surface area contributed by atoms with Crippen molar-refractivity contribution in [3.63, 3.8) is 0 Å². The lowest BCUT2D eigenvalue weighted by Crippen LogP contribution is -2.41. The van der Waals surface area contributed by atoms with Crippen LogP contribution < -0.4 is 4.74 Å². The van der Waals surface area contributed by atoms with E-state index in [1.54, 1.807) is 6.07 Å². The molecule has 2 fully saturated rings. The molecule has 23 heavy (non-hydrogen) atoms.